The third-order valence-electron chi connectivity index (χ3n) is 4.75. The summed E-state index contributed by atoms with van der Waals surface area (Å²) in [7, 11) is 0. The Morgan fingerprint density at radius 2 is 1.62 bits per heavy atom. The van der Waals surface area contributed by atoms with Gasteiger partial charge in [0.1, 0.15) is 11.6 Å². The Morgan fingerprint density at radius 3 is 2.29 bits per heavy atom. The smallest absolute Gasteiger partial charge is 0.127 e. The minimum atomic E-state index is -0.253. The van der Waals surface area contributed by atoms with Gasteiger partial charge in [-0.3, -0.25) is 0 Å². The van der Waals surface area contributed by atoms with Gasteiger partial charge < -0.3 is 10.2 Å². The van der Waals surface area contributed by atoms with E-state index in [1.807, 2.05) is 25.1 Å². The first kappa shape index (κ1) is 17.1. The Hall–Kier alpha value is -1.78. The molecule has 0 spiro atoms. The van der Waals surface area contributed by atoms with Gasteiger partial charge in [-0.2, -0.15) is 0 Å². The molecule has 2 nitrogen and oxygen atoms in total. The summed E-state index contributed by atoms with van der Waals surface area (Å²) in [5.74, 6) is 0.225. The molecule has 0 aromatic heterocycles. The van der Waals surface area contributed by atoms with Crippen LogP contribution in [0.25, 0.3) is 0 Å². The summed E-state index contributed by atoms with van der Waals surface area (Å²) in [5.41, 5.74) is 1.21. The molecule has 1 heterocycles. The van der Waals surface area contributed by atoms with Gasteiger partial charge in [-0.25, -0.2) is 8.78 Å². The van der Waals surface area contributed by atoms with Crippen LogP contribution in [0.1, 0.15) is 24.0 Å². The summed E-state index contributed by atoms with van der Waals surface area (Å²) < 4.78 is 28.7. The molecule has 1 unspecified atom stereocenters. The fraction of sp³-hybridized carbons (Fsp3) is 0.350. The van der Waals surface area contributed by atoms with Gasteiger partial charge in [0.25, 0.3) is 0 Å². The van der Waals surface area contributed by atoms with Crippen LogP contribution in [0.4, 0.5) is 8.78 Å². The lowest BCUT2D eigenvalue weighted by Gasteiger charge is -2.34. The third-order valence-corrected chi connectivity index (χ3v) is 4.75. The first-order chi connectivity index (χ1) is 11.7. The second-order valence-corrected chi connectivity index (χ2v) is 6.29. The molecule has 1 aliphatic heterocycles. The van der Waals surface area contributed by atoms with Gasteiger partial charge in [0.05, 0.1) is 0 Å². The summed E-state index contributed by atoms with van der Waals surface area (Å²) in [5, 5.41) is 3.33. The number of nitrogens with one attached hydrogen (secondary N) is 1. The maximum Gasteiger partial charge on any atom is 0.127 e. The maximum atomic E-state index is 14.4. The van der Waals surface area contributed by atoms with Gasteiger partial charge in [0, 0.05) is 44.6 Å². The van der Waals surface area contributed by atoms with E-state index >= 15 is 0 Å². The van der Waals surface area contributed by atoms with Gasteiger partial charge in [-0.1, -0.05) is 43.3 Å². The van der Waals surface area contributed by atoms with Crippen LogP contribution in [-0.4, -0.2) is 37.6 Å². The average molecular weight is 329 g/mol. The maximum absolute atomic E-state index is 14.4. The quantitative estimate of drug-likeness (QED) is 0.902. The van der Waals surface area contributed by atoms with E-state index in [1.165, 1.54) is 12.1 Å². The molecule has 4 heteroatoms. The van der Waals surface area contributed by atoms with E-state index in [0.717, 1.165) is 32.1 Å². The van der Waals surface area contributed by atoms with E-state index in [0.29, 0.717) is 17.7 Å². The van der Waals surface area contributed by atoms with Crippen molar-refractivity contribution < 1.29 is 8.78 Å². The summed E-state index contributed by atoms with van der Waals surface area (Å²) >= 11 is 0. The number of rotatable bonds is 5. The van der Waals surface area contributed by atoms with Crippen LogP contribution in [0.2, 0.25) is 0 Å². The zero-order chi connectivity index (χ0) is 16.9. The van der Waals surface area contributed by atoms with Crippen molar-refractivity contribution in [1.29, 1.82) is 0 Å². The monoisotopic (exact) mass is 329 g/mol. The molecule has 2 aromatic carbocycles. The molecule has 1 fully saturated rings. The van der Waals surface area contributed by atoms with Crippen molar-refractivity contribution >= 4 is 0 Å². The predicted molar refractivity (Wildman–Crippen MR) is 92.9 cm³/mol. The van der Waals surface area contributed by atoms with Crippen molar-refractivity contribution in [3.63, 3.8) is 0 Å². The number of piperazine rings is 1. The highest BCUT2D eigenvalue weighted by atomic mass is 19.1. The molecular weight excluding hydrogens is 306 g/mol. The first-order valence-electron chi connectivity index (χ1n) is 8.42. The van der Waals surface area contributed by atoms with Gasteiger partial charge in [-0.15, -0.1) is 0 Å². The van der Waals surface area contributed by atoms with Gasteiger partial charge in [-0.05, 0) is 23.3 Å². The predicted octanol–water partition coefficient (Wildman–Crippen LogP) is 3.60. The second kappa shape index (κ2) is 7.86. The van der Waals surface area contributed by atoms with Crippen LogP contribution in [-0.2, 0) is 0 Å². The summed E-state index contributed by atoms with van der Waals surface area (Å²) in [4.78, 5) is 2.32. The molecule has 0 aliphatic carbocycles. The van der Waals surface area contributed by atoms with E-state index in [2.05, 4.69) is 10.2 Å². The molecule has 3 rings (SSSR count). The highest BCUT2D eigenvalue weighted by molar-refractivity contribution is 5.39. The number of benzene rings is 2. The Balaban J connectivity index is 1.92. The lowest BCUT2D eigenvalue weighted by molar-refractivity contribution is 0.228. The van der Waals surface area contributed by atoms with Crippen LogP contribution < -0.4 is 5.32 Å². The van der Waals surface area contributed by atoms with E-state index in [-0.39, 0.29) is 17.6 Å². The van der Waals surface area contributed by atoms with E-state index in [4.69, 9.17) is 0 Å². The van der Waals surface area contributed by atoms with Crippen LogP contribution in [0, 0.1) is 17.6 Å². The number of halogens is 2. The molecule has 1 saturated heterocycles. The fourth-order valence-corrected chi connectivity index (χ4v) is 3.35. The average Bonchev–Trinajstić information content (AvgIpc) is 2.61. The zero-order valence-corrected chi connectivity index (χ0v) is 13.9. The van der Waals surface area contributed by atoms with Crippen molar-refractivity contribution in [3.8, 4) is 0 Å². The van der Waals surface area contributed by atoms with Crippen molar-refractivity contribution in [2.45, 2.75) is 12.8 Å². The molecule has 0 amide bonds. The van der Waals surface area contributed by atoms with Crippen molar-refractivity contribution in [2.75, 3.05) is 32.7 Å². The molecule has 0 bridgehead atoms. The number of hydrogen-bond acceptors (Lipinski definition) is 2. The molecule has 1 N–H and O–H groups in total. The SMILES string of the molecule is C[C](c1ccccc1F)C(CN1CCNCC1)c1ccccc1F. The Morgan fingerprint density at radius 1 is 1.00 bits per heavy atom. The van der Waals surface area contributed by atoms with Gasteiger partial charge in [0.2, 0.25) is 0 Å². The molecule has 2 aromatic rings. The zero-order valence-electron chi connectivity index (χ0n) is 13.9. The highest BCUT2D eigenvalue weighted by Crippen LogP contribution is 2.35. The van der Waals surface area contributed by atoms with Crippen LogP contribution in [0.3, 0.4) is 0 Å². The largest absolute Gasteiger partial charge is 0.314 e. The van der Waals surface area contributed by atoms with Crippen LogP contribution >= 0.6 is 0 Å². The van der Waals surface area contributed by atoms with Crippen molar-refractivity contribution in [3.05, 3.63) is 77.2 Å². The first-order valence-corrected chi connectivity index (χ1v) is 8.42. The molecule has 1 radical (unpaired) electrons. The van der Waals surface area contributed by atoms with Gasteiger partial charge in [0.15, 0.2) is 0 Å². The summed E-state index contributed by atoms with van der Waals surface area (Å²) in [6.45, 7) is 6.33. The van der Waals surface area contributed by atoms with Crippen LogP contribution in [0.15, 0.2) is 48.5 Å². The topological polar surface area (TPSA) is 15.3 Å². The minimum absolute atomic E-state index is 0.166. The van der Waals surface area contributed by atoms with E-state index in [9.17, 15) is 8.78 Å². The Bertz CT molecular complexity index is 668. The van der Waals surface area contributed by atoms with Crippen molar-refractivity contribution in [2.24, 2.45) is 0 Å². The lowest BCUT2D eigenvalue weighted by Crippen LogP contribution is -2.45. The molecule has 0 saturated carbocycles. The molecule has 24 heavy (non-hydrogen) atoms. The molecule has 1 atom stereocenters. The van der Waals surface area contributed by atoms with E-state index in [1.54, 1.807) is 18.2 Å². The minimum Gasteiger partial charge on any atom is -0.314 e. The summed E-state index contributed by atoms with van der Waals surface area (Å²) in [6.07, 6.45) is 0. The van der Waals surface area contributed by atoms with Crippen LogP contribution in [0.5, 0.6) is 0 Å². The highest BCUT2D eigenvalue weighted by Gasteiger charge is 2.28. The standard InChI is InChI=1S/C20H23F2N2/c1-15(16-6-2-4-8-19(16)21)18(14-24-12-10-23-11-13-24)17-7-3-5-9-20(17)22/h2-9,18,23H,10-14H2,1H3. The Labute approximate surface area is 142 Å². The molecule has 127 valence electrons. The normalized spacial score (nSPS) is 17.2. The number of hydrogen-bond donors (Lipinski definition) is 1. The second-order valence-electron chi connectivity index (χ2n) is 6.29. The van der Waals surface area contributed by atoms with E-state index < -0.39 is 0 Å². The fourth-order valence-electron chi connectivity index (χ4n) is 3.35. The van der Waals surface area contributed by atoms with Crippen molar-refractivity contribution in [1.82, 2.24) is 10.2 Å². The summed E-state index contributed by atoms with van der Waals surface area (Å²) in [6, 6.07) is 13.6. The van der Waals surface area contributed by atoms with Gasteiger partial charge >= 0.3 is 0 Å². The lowest BCUT2D eigenvalue weighted by atomic mass is 9.81. The Kier molecular flexibility index (Phi) is 5.59. The molecular formula is C20H23F2N2. The number of nitrogens with zero attached hydrogens (tertiary/aromatic N) is 1. The molecule has 1 aliphatic rings. The third kappa shape index (κ3) is 3.82.